The third-order valence-corrected chi connectivity index (χ3v) is 4.14. The molecule has 0 bridgehead atoms. The highest BCUT2D eigenvalue weighted by atomic mass is 19.3. The Morgan fingerprint density at radius 2 is 1.87 bits per heavy atom. The van der Waals surface area contributed by atoms with Crippen molar-refractivity contribution in [2.45, 2.75) is 46.1 Å². The van der Waals surface area contributed by atoms with E-state index in [1.165, 1.54) is 26.1 Å². The third-order valence-electron chi connectivity index (χ3n) is 4.14. The molecule has 0 saturated carbocycles. The Morgan fingerprint density at radius 1 is 1.19 bits per heavy atom. The highest BCUT2D eigenvalue weighted by Crippen LogP contribution is 2.26. The van der Waals surface area contributed by atoms with Crippen LogP contribution in [0.15, 0.2) is 24.4 Å². The molecule has 1 unspecified atom stereocenters. The number of ether oxygens (including phenoxy) is 1. The first kappa shape index (κ1) is 24.0. The van der Waals surface area contributed by atoms with Crippen LogP contribution in [0.1, 0.15) is 47.1 Å². The van der Waals surface area contributed by atoms with Crippen LogP contribution in [-0.2, 0) is 4.79 Å². The van der Waals surface area contributed by atoms with Gasteiger partial charge < -0.3 is 15.4 Å². The third kappa shape index (κ3) is 6.63. The quantitative estimate of drug-likeness (QED) is 0.607. The van der Waals surface area contributed by atoms with Crippen LogP contribution in [0.2, 0.25) is 0 Å². The van der Waals surface area contributed by atoms with Crippen molar-refractivity contribution < 1.29 is 31.9 Å². The molecular formula is C20H22F4N4O3. The summed E-state index contributed by atoms with van der Waals surface area (Å²) in [7, 11) is 0. The molecule has 0 aromatic carbocycles. The summed E-state index contributed by atoms with van der Waals surface area (Å²) < 4.78 is 55.3. The number of anilines is 1. The monoisotopic (exact) mass is 442 g/mol. The lowest BCUT2D eigenvalue weighted by Crippen LogP contribution is -2.34. The molecule has 0 aliphatic carbocycles. The van der Waals surface area contributed by atoms with Crippen LogP contribution in [0.5, 0.6) is 5.88 Å². The lowest BCUT2D eigenvalue weighted by molar-refractivity contribution is -0.148. The van der Waals surface area contributed by atoms with E-state index in [0.29, 0.717) is 16.8 Å². The van der Waals surface area contributed by atoms with Gasteiger partial charge in [0.15, 0.2) is 6.61 Å². The molecule has 11 heteroatoms. The number of carbonyl (C=O) groups is 2. The maximum Gasteiger partial charge on any atom is 0.340 e. The van der Waals surface area contributed by atoms with Crippen LogP contribution in [0.3, 0.4) is 0 Å². The molecule has 0 saturated heterocycles. The van der Waals surface area contributed by atoms with Crippen LogP contribution < -0.4 is 15.4 Å². The number of carbonyl (C=O) groups excluding carboxylic acids is 2. The molecule has 0 fully saturated rings. The van der Waals surface area contributed by atoms with Gasteiger partial charge in [-0.2, -0.15) is 8.78 Å². The summed E-state index contributed by atoms with van der Waals surface area (Å²) in [5.74, 6) is -5.00. The molecular weight excluding hydrogens is 420 g/mol. The summed E-state index contributed by atoms with van der Waals surface area (Å²) in [6, 6.07) is 4.01. The number of aromatic nitrogens is 2. The standard InChI is InChI=1S/C20H22F4N4O3/c1-10-5-15(8-25-18(10)31-9-20(23,24)19(21)22)12(3)27-17(30)14-6-11(2)26-16(7-14)28-13(4)29/h5-8,12,19H,9H2,1-4H3,(H,27,30)(H,26,28,29). The fraction of sp³-hybridized carbons (Fsp3) is 0.400. The van der Waals surface area contributed by atoms with Gasteiger partial charge in [-0.05, 0) is 44.5 Å². The number of amides is 2. The Bertz CT molecular complexity index is 969. The Balaban J connectivity index is 2.09. The molecule has 2 N–H and O–H groups in total. The van der Waals surface area contributed by atoms with Crippen LogP contribution in [0.4, 0.5) is 23.4 Å². The van der Waals surface area contributed by atoms with Gasteiger partial charge in [0.25, 0.3) is 5.91 Å². The number of halogens is 4. The number of hydrogen-bond donors (Lipinski definition) is 2. The zero-order chi connectivity index (χ0) is 23.3. The summed E-state index contributed by atoms with van der Waals surface area (Å²) >= 11 is 0. The molecule has 0 spiro atoms. The molecule has 2 heterocycles. The van der Waals surface area contributed by atoms with Crippen molar-refractivity contribution in [2.75, 3.05) is 11.9 Å². The first-order valence-electron chi connectivity index (χ1n) is 9.21. The van der Waals surface area contributed by atoms with Crippen molar-refractivity contribution in [3.63, 3.8) is 0 Å². The smallest absolute Gasteiger partial charge is 0.340 e. The number of pyridine rings is 2. The van der Waals surface area contributed by atoms with E-state index in [4.69, 9.17) is 4.74 Å². The van der Waals surface area contributed by atoms with Gasteiger partial charge in [-0.3, -0.25) is 9.59 Å². The molecule has 168 valence electrons. The topological polar surface area (TPSA) is 93.2 Å². The highest BCUT2D eigenvalue weighted by molar-refractivity contribution is 5.96. The zero-order valence-corrected chi connectivity index (χ0v) is 17.3. The Morgan fingerprint density at radius 3 is 2.45 bits per heavy atom. The predicted octanol–water partition coefficient (Wildman–Crippen LogP) is 3.82. The summed E-state index contributed by atoms with van der Waals surface area (Å²) in [5, 5.41) is 5.27. The number of nitrogens with zero attached hydrogens (tertiary/aromatic N) is 2. The van der Waals surface area contributed by atoms with E-state index in [1.807, 2.05) is 0 Å². The van der Waals surface area contributed by atoms with Crippen molar-refractivity contribution >= 4 is 17.6 Å². The van der Waals surface area contributed by atoms with Gasteiger partial charge >= 0.3 is 12.3 Å². The van der Waals surface area contributed by atoms with Gasteiger partial charge in [0.1, 0.15) is 5.82 Å². The number of alkyl halides is 4. The lowest BCUT2D eigenvalue weighted by atomic mass is 10.1. The van der Waals surface area contributed by atoms with Gasteiger partial charge in [0.2, 0.25) is 11.8 Å². The lowest BCUT2D eigenvalue weighted by Gasteiger charge is -2.18. The molecule has 1 atom stereocenters. The molecule has 7 nitrogen and oxygen atoms in total. The molecule has 2 aromatic heterocycles. The van der Waals surface area contributed by atoms with Crippen molar-refractivity contribution in [1.82, 2.24) is 15.3 Å². The molecule has 0 radical (unpaired) electrons. The first-order chi connectivity index (χ1) is 14.4. The zero-order valence-electron chi connectivity index (χ0n) is 17.3. The fourth-order valence-corrected chi connectivity index (χ4v) is 2.61. The minimum atomic E-state index is -4.28. The van der Waals surface area contributed by atoms with Crippen molar-refractivity contribution in [3.8, 4) is 5.88 Å². The average Bonchev–Trinajstić information content (AvgIpc) is 2.65. The molecule has 2 amide bonds. The summed E-state index contributed by atoms with van der Waals surface area (Å²) in [6.07, 6.45) is -2.54. The Kier molecular flexibility index (Phi) is 7.53. The van der Waals surface area contributed by atoms with E-state index in [-0.39, 0.29) is 23.2 Å². The van der Waals surface area contributed by atoms with Crippen molar-refractivity contribution in [1.29, 1.82) is 0 Å². The number of aryl methyl sites for hydroxylation is 2. The first-order valence-corrected chi connectivity index (χ1v) is 9.21. The second kappa shape index (κ2) is 9.71. The molecule has 0 aliphatic heterocycles. The minimum absolute atomic E-state index is 0.202. The van der Waals surface area contributed by atoms with Gasteiger partial charge in [0.05, 0.1) is 6.04 Å². The highest BCUT2D eigenvalue weighted by Gasteiger charge is 2.42. The summed E-state index contributed by atoms with van der Waals surface area (Å²) in [5.41, 5.74) is 1.70. The second-order valence-electron chi connectivity index (χ2n) is 7.00. The average molecular weight is 442 g/mol. The Hall–Kier alpha value is -3.24. The van der Waals surface area contributed by atoms with Gasteiger partial charge in [-0.25, -0.2) is 18.7 Å². The van der Waals surface area contributed by atoms with E-state index < -0.39 is 30.9 Å². The van der Waals surface area contributed by atoms with Crippen molar-refractivity contribution in [3.05, 3.63) is 46.8 Å². The van der Waals surface area contributed by atoms with Crippen molar-refractivity contribution in [2.24, 2.45) is 0 Å². The second-order valence-corrected chi connectivity index (χ2v) is 7.00. The van der Waals surface area contributed by atoms with Crippen LogP contribution in [-0.4, -0.2) is 40.7 Å². The van der Waals surface area contributed by atoms with Crippen LogP contribution in [0.25, 0.3) is 0 Å². The van der Waals surface area contributed by atoms with Crippen LogP contribution >= 0.6 is 0 Å². The molecule has 31 heavy (non-hydrogen) atoms. The van der Waals surface area contributed by atoms with E-state index in [9.17, 15) is 27.2 Å². The maximum atomic E-state index is 13.0. The van der Waals surface area contributed by atoms with Crippen LogP contribution in [0, 0.1) is 13.8 Å². The number of nitrogens with one attached hydrogen (secondary N) is 2. The van der Waals surface area contributed by atoms with E-state index in [2.05, 4.69) is 20.6 Å². The van der Waals surface area contributed by atoms with E-state index in [1.54, 1.807) is 26.0 Å². The molecule has 2 aromatic rings. The Labute approximate surface area is 176 Å². The fourth-order valence-electron chi connectivity index (χ4n) is 2.61. The molecule has 0 aliphatic rings. The summed E-state index contributed by atoms with van der Waals surface area (Å²) in [4.78, 5) is 31.8. The van der Waals surface area contributed by atoms with Gasteiger partial charge in [0, 0.05) is 29.9 Å². The van der Waals surface area contributed by atoms with Gasteiger partial charge in [-0.15, -0.1) is 0 Å². The normalized spacial score (nSPS) is 12.4. The predicted molar refractivity (Wildman–Crippen MR) is 105 cm³/mol. The molecule has 2 rings (SSSR count). The SMILES string of the molecule is CC(=O)Nc1cc(C(=O)NC(C)c2cnc(OCC(F)(F)C(F)F)c(C)c2)cc(C)n1. The maximum absolute atomic E-state index is 13.0. The summed E-state index contributed by atoms with van der Waals surface area (Å²) in [6.45, 7) is 4.70. The largest absolute Gasteiger partial charge is 0.471 e. The van der Waals surface area contributed by atoms with E-state index in [0.717, 1.165) is 0 Å². The van der Waals surface area contributed by atoms with E-state index >= 15 is 0 Å². The van der Waals surface area contributed by atoms with Gasteiger partial charge in [-0.1, -0.05) is 0 Å². The minimum Gasteiger partial charge on any atom is -0.471 e. The number of rotatable bonds is 8. The number of hydrogen-bond acceptors (Lipinski definition) is 5.